The maximum absolute atomic E-state index is 13.4. The molecule has 2 aromatic rings. The van der Waals surface area contributed by atoms with Crippen molar-refractivity contribution in [2.45, 2.75) is 44.6 Å². The Labute approximate surface area is 165 Å². The fourth-order valence-corrected chi connectivity index (χ4v) is 3.46. The van der Waals surface area contributed by atoms with Gasteiger partial charge in [-0.15, -0.1) is 0 Å². The first-order valence-corrected chi connectivity index (χ1v) is 9.76. The molecule has 2 N–H and O–H groups in total. The van der Waals surface area contributed by atoms with Gasteiger partial charge in [0.25, 0.3) is 0 Å². The average molecular weight is 388 g/mol. The molecule has 28 heavy (non-hydrogen) atoms. The topological polar surface area (TPSA) is 71.7 Å². The van der Waals surface area contributed by atoms with E-state index < -0.39 is 0 Å². The molecule has 0 radical (unpaired) electrons. The van der Waals surface area contributed by atoms with E-state index in [4.69, 9.17) is 9.26 Å². The predicted octanol–water partition coefficient (Wildman–Crippen LogP) is 3.35. The van der Waals surface area contributed by atoms with E-state index >= 15 is 0 Å². The van der Waals surface area contributed by atoms with Crippen molar-refractivity contribution in [3.05, 3.63) is 53.2 Å². The molecule has 6 nitrogen and oxygen atoms in total. The summed E-state index contributed by atoms with van der Waals surface area (Å²) in [4.78, 5) is 4.31. The number of ether oxygens (including phenoxy) is 1. The Hall–Kier alpha value is -2.41. The number of hydrogen-bond acceptors (Lipinski definition) is 4. The monoisotopic (exact) mass is 388 g/mol. The molecule has 0 aliphatic carbocycles. The van der Waals surface area contributed by atoms with Crippen molar-refractivity contribution in [3.8, 4) is 0 Å². The highest BCUT2D eigenvalue weighted by Crippen LogP contribution is 2.34. The van der Waals surface area contributed by atoms with Gasteiger partial charge in [-0.3, -0.25) is 4.99 Å². The minimum atomic E-state index is -0.218. The first-order valence-electron chi connectivity index (χ1n) is 9.76. The number of aliphatic imine (C=N–C) groups is 1. The van der Waals surface area contributed by atoms with Gasteiger partial charge in [-0.2, -0.15) is 0 Å². The van der Waals surface area contributed by atoms with Gasteiger partial charge in [0.1, 0.15) is 5.82 Å². The Kier molecular flexibility index (Phi) is 6.67. The fourth-order valence-electron chi connectivity index (χ4n) is 3.46. The lowest BCUT2D eigenvalue weighted by atomic mass is 9.74. The summed E-state index contributed by atoms with van der Waals surface area (Å²) < 4.78 is 24.3. The number of rotatable bonds is 6. The molecule has 1 aliphatic rings. The van der Waals surface area contributed by atoms with Gasteiger partial charge in [-0.25, -0.2) is 4.39 Å². The van der Waals surface area contributed by atoms with Crippen LogP contribution in [0, 0.1) is 5.82 Å². The van der Waals surface area contributed by atoms with E-state index in [9.17, 15) is 4.39 Å². The minimum absolute atomic E-state index is 0.110. The third-order valence-electron chi connectivity index (χ3n) is 5.32. The zero-order chi connectivity index (χ0) is 20.0. The van der Waals surface area contributed by atoms with E-state index in [-0.39, 0.29) is 11.2 Å². The van der Waals surface area contributed by atoms with Crippen molar-refractivity contribution in [2.75, 3.05) is 26.8 Å². The summed E-state index contributed by atoms with van der Waals surface area (Å²) in [7, 11) is 1.74. The van der Waals surface area contributed by atoms with Crippen LogP contribution < -0.4 is 10.6 Å². The SMILES string of the molecule is CN=C(NCc1cc(C(C)C)no1)NCC1(c2ccc(F)cc2)CCOCC1. The molecule has 0 amide bonds. The normalized spacial score (nSPS) is 17.0. The average Bonchev–Trinajstić information content (AvgIpc) is 3.19. The molecule has 152 valence electrons. The molecule has 0 unspecified atom stereocenters. The Bertz CT molecular complexity index is 780. The standard InChI is InChI=1S/C21H29FN4O2/c1-15(2)19-12-18(28-26-19)13-24-20(23-3)25-14-21(8-10-27-11-9-21)16-4-6-17(22)7-5-16/h4-7,12,15H,8-11,13-14H2,1-3H3,(H2,23,24,25). The van der Waals surface area contributed by atoms with Crippen molar-refractivity contribution in [2.24, 2.45) is 4.99 Å². The fraction of sp³-hybridized carbons (Fsp3) is 0.524. The number of nitrogens with zero attached hydrogens (tertiary/aromatic N) is 2. The van der Waals surface area contributed by atoms with Crippen LogP contribution in [0.3, 0.4) is 0 Å². The Morgan fingerprint density at radius 1 is 1.21 bits per heavy atom. The largest absolute Gasteiger partial charge is 0.381 e. The van der Waals surface area contributed by atoms with Gasteiger partial charge in [-0.1, -0.05) is 31.1 Å². The zero-order valence-electron chi connectivity index (χ0n) is 16.8. The van der Waals surface area contributed by atoms with E-state index in [2.05, 4.69) is 34.6 Å². The maximum atomic E-state index is 13.4. The molecule has 0 saturated carbocycles. The van der Waals surface area contributed by atoms with E-state index in [1.807, 2.05) is 18.2 Å². The summed E-state index contributed by atoms with van der Waals surface area (Å²) in [5.74, 6) is 1.57. The lowest BCUT2D eigenvalue weighted by molar-refractivity contribution is 0.0513. The van der Waals surface area contributed by atoms with E-state index in [0.717, 1.165) is 29.9 Å². The van der Waals surface area contributed by atoms with Crippen LogP contribution in [-0.2, 0) is 16.7 Å². The van der Waals surface area contributed by atoms with Crippen LogP contribution in [0.5, 0.6) is 0 Å². The maximum Gasteiger partial charge on any atom is 0.191 e. The summed E-state index contributed by atoms with van der Waals surface area (Å²) in [6.45, 7) is 6.75. The van der Waals surface area contributed by atoms with Crippen molar-refractivity contribution in [3.63, 3.8) is 0 Å². The lowest BCUT2D eigenvalue weighted by Crippen LogP contribution is -2.47. The highest BCUT2D eigenvalue weighted by molar-refractivity contribution is 5.79. The number of hydrogen-bond donors (Lipinski definition) is 2. The van der Waals surface area contributed by atoms with E-state index in [1.54, 1.807) is 7.05 Å². The van der Waals surface area contributed by atoms with Crippen molar-refractivity contribution in [1.29, 1.82) is 0 Å². The van der Waals surface area contributed by atoms with Crippen LogP contribution >= 0.6 is 0 Å². The molecule has 1 aromatic heterocycles. The highest BCUT2D eigenvalue weighted by atomic mass is 19.1. The molecule has 0 bridgehead atoms. The molecule has 3 rings (SSSR count). The predicted molar refractivity (Wildman–Crippen MR) is 107 cm³/mol. The molecule has 1 aliphatic heterocycles. The van der Waals surface area contributed by atoms with Gasteiger partial charge < -0.3 is 19.9 Å². The van der Waals surface area contributed by atoms with Crippen molar-refractivity contribution < 1.29 is 13.7 Å². The van der Waals surface area contributed by atoms with Gasteiger partial charge in [0, 0.05) is 38.3 Å². The van der Waals surface area contributed by atoms with E-state index in [0.29, 0.717) is 38.2 Å². The summed E-state index contributed by atoms with van der Waals surface area (Å²) >= 11 is 0. The smallest absolute Gasteiger partial charge is 0.191 e. The van der Waals surface area contributed by atoms with Crippen LogP contribution in [0.4, 0.5) is 4.39 Å². The molecule has 2 heterocycles. The van der Waals surface area contributed by atoms with Gasteiger partial charge >= 0.3 is 0 Å². The summed E-state index contributed by atoms with van der Waals surface area (Å²) in [5.41, 5.74) is 1.95. The molecular formula is C21H29FN4O2. The second kappa shape index (κ2) is 9.19. The second-order valence-electron chi connectivity index (χ2n) is 7.55. The Balaban J connectivity index is 1.63. The first kappa shape index (κ1) is 20.3. The van der Waals surface area contributed by atoms with Gasteiger partial charge in [0.05, 0.1) is 12.2 Å². The zero-order valence-corrected chi connectivity index (χ0v) is 16.8. The molecule has 1 saturated heterocycles. The molecule has 1 aromatic carbocycles. The Morgan fingerprint density at radius 3 is 2.54 bits per heavy atom. The highest BCUT2D eigenvalue weighted by Gasteiger charge is 2.34. The van der Waals surface area contributed by atoms with Crippen LogP contribution in [0.15, 0.2) is 39.8 Å². The Morgan fingerprint density at radius 2 is 1.93 bits per heavy atom. The molecule has 0 spiro atoms. The number of nitrogens with one attached hydrogen (secondary N) is 2. The number of halogens is 1. The number of aromatic nitrogens is 1. The first-order chi connectivity index (χ1) is 13.5. The van der Waals surface area contributed by atoms with Gasteiger partial charge in [0.2, 0.25) is 0 Å². The van der Waals surface area contributed by atoms with Crippen LogP contribution in [0.1, 0.15) is 49.6 Å². The molecular weight excluding hydrogens is 359 g/mol. The lowest BCUT2D eigenvalue weighted by Gasteiger charge is -2.38. The van der Waals surface area contributed by atoms with Crippen LogP contribution in [0.2, 0.25) is 0 Å². The third-order valence-corrected chi connectivity index (χ3v) is 5.32. The quantitative estimate of drug-likeness (QED) is 0.587. The minimum Gasteiger partial charge on any atom is -0.381 e. The molecule has 7 heteroatoms. The molecule has 0 atom stereocenters. The number of benzene rings is 1. The summed E-state index contributed by atoms with van der Waals surface area (Å²) in [6.07, 6.45) is 1.75. The van der Waals surface area contributed by atoms with Gasteiger partial charge in [-0.05, 0) is 36.5 Å². The van der Waals surface area contributed by atoms with Crippen LogP contribution in [0.25, 0.3) is 0 Å². The summed E-state index contributed by atoms with van der Waals surface area (Å²) in [5, 5.41) is 10.8. The van der Waals surface area contributed by atoms with Crippen LogP contribution in [-0.4, -0.2) is 37.9 Å². The van der Waals surface area contributed by atoms with Crippen molar-refractivity contribution in [1.82, 2.24) is 15.8 Å². The van der Waals surface area contributed by atoms with Crippen molar-refractivity contribution >= 4 is 5.96 Å². The van der Waals surface area contributed by atoms with E-state index in [1.165, 1.54) is 12.1 Å². The van der Waals surface area contributed by atoms with Gasteiger partial charge in [0.15, 0.2) is 11.7 Å². The third kappa shape index (κ3) is 4.90. The molecule has 1 fully saturated rings. The second-order valence-corrected chi connectivity index (χ2v) is 7.55. The summed E-state index contributed by atoms with van der Waals surface area (Å²) in [6, 6.07) is 8.76. The number of guanidine groups is 1.